The third kappa shape index (κ3) is 3.00. The lowest BCUT2D eigenvalue weighted by molar-refractivity contribution is 0.131. The zero-order chi connectivity index (χ0) is 14.8. The number of aryl methyl sites for hydroxylation is 1. The van der Waals surface area contributed by atoms with Gasteiger partial charge in [-0.1, -0.05) is 20.3 Å². The Labute approximate surface area is 125 Å². The van der Waals surface area contributed by atoms with Gasteiger partial charge in [0.25, 0.3) is 0 Å². The van der Waals surface area contributed by atoms with Crippen molar-refractivity contribution < 1.29 is 0 Å². The van der Waals surface area contributed by atoms with Gasteiger partial charge in [-0.3, -0.25) is 10.00 Å². The summed E-state index contributed by atoms with van der Waals surface area (Å²) in [5, 5.41) is 7.52. The molecule has 21 heavy (non-hydrogen) atoms. The number of rotatable bonds is 4. The van der Waals surface area contributed by atoms with Crippen molar-refractivity contribution in [1.82, 2.24) is 29.6 Å². The van der Waals surface area contributed by atoms with Crippen molar-refractivity contribution in [2.24, 2.45) is 7.05 Å². The fourth-order valence-corrected chi connectivity index (χ4v) is 2.93. The Balaban J connectivity index is 1.79. The number of likely N-dealkylation sites (tertiary alicyclic amines) is 1. The van der Waals surface area contributed by atoms with E-state index in [-0.39, 0.29) is 0 Å². The predicted octanol–water partition coefficient (Wildman–Crippen LogP) is 2.39. The van der Waals surface area contributed by atoms with Gasteiger partial charge in [0.05, 0.1) is 18.1 Å². The number of nitrogens with zero attached hydrogens (tertiary/aromatic N) is 5. The highest BCUT2D eigenvalue weighted by atomic mass is 15.3. The maximum absolute atomic E-state index is 4.70. The highest BCUT2D eigenvalue weighted by molar-refractivity contribution is 5.04. The molecule has 1 aliphatic rings. The van der Waals surface area contributed by atoms with Crippen LogP contribution in [0.5, 0.6) is 0 Å². The van der Waals surface area contributed by atoms with E-state index in [0.717, 1.165) is 31.2 Å². The highest BCUT2D eigenvalue weighted by Gasteiger charge is 2.27. The molecule has 1 aliphatic heterocycles. The van der Waals surface area contributed by atoms with Crippen molar-refractivity contribution in [2.45, 2.75) is 51.6 Å². The number of aromatic amines is 1. The molecule has 0 unspecified atom stereocenters. The molecule has 0 amide bonds. The molecule has 0 aliphatic carbocycles. The predicted molar refractivity (Wildman–Crippen MR) is 80.7 cm³/mol. The molecule has 2 aromatic rings. The lowest BCUT2D eigenvalue weighted by Gasteiger charge is -2.34. The first-order valence-corrected chi connectivity index (χ1v) is 7.76. The summed E-state index contributed by atoms with van der Waals surface area (Å²) in [4.78, 5) is 11.4. The van der Waals surface area contributed by atoms with Gasteiger partial charge in [-0.2, -0.15) is 5.10 Å². The summed E-state index contributed by atoms with van der Waals surface area (Å²) in [5.74, 6) is 2.29. The first kappa shape index (κ1) is 14.3. The van der Waals surface area contributed by atoms with Crippen molar-refractivity contribution in [3.05, 3.63) is 29.9 Å². The van der Waals surface area contributed by atoms with Gasteiger partial charge < -0.3 is 4.57 Å². The van der Waals surface area contributed by atoms with Crippen molar-refractivity contribution in [1.29, 1.82) is 0 Å². The number of hydrogen-bond donors (Lipinski definition) is 1. The van der Waals surface area contributed by atoms with E-state index in [9.17, 15) is 0 Å². The third-order valence-corrected chi connectivity index (χ3v) is 4.25. The second-order valence-corrected chi connectivity index (χ2v) is 6.21. The topological polar surface area (TPSA) is 62.6 Å². The molecule has 3 heterocycles. The van der Waals surface area contributed by atoms with Crippen molar-refractivity contribution in [3.63, 3.8) is 0 Å². The quantitative estimate of drug-likeness (QED) is 0.938. The van der Waals surface area contributed by atoms with E-state index in [1.165, 1.54) is 18.5 Å². The highest BCUT2D eigenvalue weighted by Crippen LogP contribution is 2.30. The zero-order valence-electron chi connectivity index (χ0n) is 13.1. The fourth-order valence-electron chi connectivity index (χ4n) is 2.93. The summed E-state index contributed by atoms with van der Waals surface area (Å²) in [6.45, 7) is 6.27. The smallest absolute Gasteiger partial charge is 0.153 e. The van der Waals surface area contributed by atoms with Crippen LogP contribution >= 0.6 is 0 Å². The Hall–Kier alpha value is -1.69. The van der Waals surface area contributed by atoms with Crippen LogP contribution in [0.1, 0.15) is 62.4 Å². The van der Waals surface area contributed by atoms with Crippen LogP contribution in [0.15, 0.2) is 12.5 Å². The molecule has 0 aromatic carbocycles. The Morgan fingerprint density at radius 1 is 1.38 bits per heavy atom. The molecular formula is C15H24N6. The Bertz CT molecular complexity index is 585. The lowest BCUT2D eigenvalue weighted by atomic mass is 10.0. The van der Waals surface area contributed by atoms with Crippen molar-refractivity contribution in [3.8, 4) is 0 Å². The maximum Gasteiger partial charge on any atom is 0.153 e. The van der Waals surface area contributed by atoms with Gasteiger partial charge in [0.15, 0.2) is 5.82 Å². The van der Waals surface area contributed by atoms with Crippen LogP contribution in [-0.4, -0.2) is 36.2 Å². The molecule has 6 nitrogen and oxygen atoms in total. The first-order chi connectivity index (χ1) is 10.1. The first-order valence-electron chi connectivity index (χ1n) is 7.76. The Kier molecular flexibility index (Phi) is 4.05. The minimum absolute atomic E-state index is 0.341. The maximum atomic E-state index is 4.70. The molecule has 2 aromatic heterocycles. The molecule has 0 saturated carbocycles. The number of aromatic nitrogens is 5. The number of nitrogens with one attached hydrogen (secondary N) is 1. The molecule has 114 valence electrons. The summed E-state index contributed by atoms with van der Waals surface area (Å²) in [5.41, 5.74) is 1.24. The van der Waals surface area contributed by atoms with Gasteiger partial charge in [0.1, 0.15) is 5.82 Å². The largest absolute Gasteiger partial charge is 0.337 e. The van der Waals surface area contributed by atoms with Crippen molar-refractivity contribution >= 4 is 0 Å². The average molecular weight is 288 g/mol. The second kappa shape index (κ2) is 5.97. The summed E-state index contributed by atoms with van der Waals surface area (Å²) in [6, 6.07) is 0.341. The van der Waals surface area contributed by atoms with Gasteiger partial charge in [0, 0.05) is 25.7 Å². The van der Waals surface area contributed by atoms with Crippen LogP contribution in [0.25, 0.3) is 0 Å². The van der Waals surface area contributed by atoms with E-state index in [1.807, 2.05) is 19.6 Å². The molecule has 0 spiro atoms. The second-order valence-electron chi connectivity index (χ2n) is 6.21. The van der Waals surface area contributed by atoms with Crippen LogP contribution < -0.4 is 0 Å². The van der Waals surface area contributed by atoms with E-state index in [1.54, 1.807) is 0 Å². The Morgan fingerprint density at radius 3 is 2.90 bits per heavy atom. The number of imidazole rings is 1. The van der Waals surface area contributed by atoms with Crippen LogP contribution in [0.4, 0.5) is 0 Å². The monoisotopic (exact) mass is 288 g/mol. The molecule has 0 bridgehead atoms. The van der Waals surface area contributed by atoms with Gasteiger partial charge in [-0.25, -0.2) is 9.97 Å². The van der Waals surface area contributed by atoms with E-state index < -0.39 is 0 Å². The van der Waals surface area contributed by atoms with Gasteiger partial charge in [0.2, 0.25) is 0 Å². The molecule has 1 N–H and O–H groups in total. The lowest BCUT2D eigenvalue weighted by Crippen LogP contribution is -2.34. The summed E-state index contributed by atoms with van der Waals surface area (Å²) in [6.07, 6.45) is 7.46. The Morgan fingerprint density at radius 2 is 2.24 bits per heavy atom. The van der Waals surface area contributed by atoms with Crippen LogP contribution in [0.2, 0.25) is 0 Å². The normalized spacial score (nSPS) is 20.3. The van der Waals surface area contributed by atoms with Gasteiger partial charge in [-0.15, -0.1) is 0 Å². The third-order valence-electron chi connectivity index (χ3n) is 4.25. The SMILES string of the molecule is CC(C)c1n[nH]c([C@H]2CCCCN2Cc2cncn2C)n1. The summed E-state index contributed by atoms with van der Waals surface area (Å²) >= 11 is 0. The molecule has 1 fully saturated rings. The number of piperidine rings is 1. The van der Waals surface area contributed by atoms with Crippen LogP contribution in [-0.2, 0) is 13.6 Å². The zero-order valence-corrected chi connectivity index (χ0v) is 13.1. The number of hydrogen-bond acceptors (Lipinski definition) is 4. The fraction of sp³-hybridized carbons (Fsp3) is 0.667. The minimum Gasteiger partial charge on any atom is -0.337 e. The molecule has 6 heteroatoms. The molecule has 3 rings (SSSR count). The summed E-state index contributed by atoms with van der Waals surface area (Å²) in [7, 11) is 2.05. The number of H-pyrrole nitrogens is 1. The summed E-state index contributed by atoms with van der Waals surface area (Å²) < 4.78 is 2.09. The van der Waals surface area contributed by atoms with Gasteiger partial charge in [-0.05, 0) is 19.4 Å². The average Bonchev–Trinajstić information content (AvgIpc) is 3.10. The van der Waals surface area contributed by atoms with E-state index >= 15 is 0 Å². The van der Waals surface area contributed by atoms with Crippen LogP contribution in [0, 0.1) is 0 Å². The van der Waals surface area contributed by atoms with E-state index in [2.05, 4.69) is 38.5 Å². The van der Waals surface area contributed by atoms with Gasteiger partial charge >= 0.3 is 0 Å². The molecular weight excluding hydrogens is 264 g/mol. The molecule has 1 saturated heterocycles. The standard InChI is InChI=1S/C15H24N6/c1-11(2)14-17-15(19-18-14)13-6-4-5-7-21(13)9-12-8-16-10-20(12)3/h8,10-11,13H,4-7,9H2,1-3H3,(H,17,18,19)/t13-/m1/s1. The molecule has 1 atom stereocenters. The van der Waals surface area contributed by atoms with E-state index in [4.69, 9.17) is 4.98 Å². The molecule has 0 radical (unpaired) electrons. The van der Waals surface area contributed by atoms with Crippen molar-refractivity contribution in [2.75, 3.05) is 6.54 Å². The van der Waals surface area contributed by atoms with E-state index in [0.29, 0.717) is 12.0 Å². The van der Waals surface area contributed by atoms with Crippen LogP contribution in [0.3, 0.4) is 0 Å². The minimum atomic E-state index is 0.341.